The van der Waals surface area contributed by atoms with Gasteiger partial charge in [0.25, 0.3) is 11.8 Å². The molecule has 0 saturated carbocycles. The summed E-state index contributed by atoms with van der Waals surface area (Å²) in [4.78, 5) is 25.8. The summed E-state index contributed by atoms with van der Waals surface area (Å²) in [6.07, 6.45) is 0. The van der Waals surface area contributed by atoms with Gasteiger partial charge in [0.15, 0.2) is 0 Å². The maximum Gasteiger partial charge on any atom is 0.276 e. The highest BCUT2D eigenvalue weighted by atomic mass is 16.5. The molecule has 0 fully saturated rings. The lowest BCUT2D eigenvalue weighted by atomic mass is 10.1. The third-order valence-electron chi connectivity index (χ3n) is 3.78. The Morgan fingerprint density at radius 1 is 0.846 bits per heavy atom. The molecule has 1 N–H and O–H groups in total. The number of methoxy groups -OCH3 is 2. The first-order valence-corrected chi connectivity index (χ1v) is 8.21. The van der Waals surface area contributed by atoms with E-state index in [2.05, 4.69) is 5.43 Å². The predicted molar refractivity (Wildman–Crippen MR) is 99.4 cm³/mol. The van der Waals surface area contributed by atoms with Crippen LogP contribution in [-0.4, -0.2) is 36.6 Å². The van der Waals surface area contributed by atoms with Crippen molar-refractivity contribution < 1.29 is 19.1 Å². The normalized spacial score (nSPS) is 10.8. The molecule has 0 aliphatic carbocycles. The molecule has 0 radical (unpaired) electrons. The summed E-state index contributed by atoms with van der Waals surface area (Å²) in [5.41, 5.74) is 2.76. The molecule has 0 bridgehead atoms. The average Bonchev–Trinajstić information content (AvgIpc) is 2.64. The first-order chi connectivity index (χ1) is 12.3. The zero-order valence-corrected chi connectivity index (χ0v) is 15.7. The maximum atomic E-state index is 13.1. The standard InChI is InChI=1S/C20H24N2O4/c1-20(2,3)22(19(24)15-11-7-9-13-17(15)26-5)21-18(23)14-10-6-8-12-16(14)25-4/h6-13H,1-5H3,(H,21,23). The van der Waals surface area contributed by atoms with E-state index in [1.165, 1.54) is 19.2 Å². The van der Waals surface area contributed by atoms with Crippen LogP contribution in [0.15, 0.2) is 48.5 Å². The minimum Gasteiger partial charge on any atom is -0.496 e. The van der Waals surface area contributed by atoms with Crippen LogP contribution in [-0.2, 0) is 0 Å². The van der Waals surface area contributed by atoms with Crippen LogP contribution in [0.3, 0.4) is 0 Å². The van der Waals surface area contributed by atoms with E-state index < -0.39 is 11.4 Å². The Kier molecular flexibility index (Phi) is 5.87. The Morgan fingerprint density at radius 2 is 1.31 bits per heavy atom. The van der Waals surface area contributed by atoms with Gasteiger partial charge in [-0.1, -0.05) is 24.3 Å². The van der Waals surface area contributed by atoms with Crippen LogP contribution in [0.25, 0.3) is 0 Å². The predicted octanol–water partition coefficient (Wildman–Crippen LogP) is 3.29. The summed E-state index contributed by atoms with van der Waals surface area (Å²) >= 11 is 0. The van der Waals surface area contributed by atoms with Crippen molar-refractivity contribution in [2.75, 3.05) is 14.2 Å². The minimum absolute atomic E-state index is 0.345. The van der Waals surface area contributed by atoms with Crippen molar-refractivity contribution in [2.24, 2.45) is 0 Å². The number of carbonyl (C=O) groups is 2. The first kappa shape index (κ1) is 19.3. The van der Waals surface area contributed by atoms with Crippen LogP contribution in [0.1, 0.15) is 41.5 Å². The number of hydrazine groups is 1. The van der Waals surface area contributed by atoms with Gasteiger partial charge in [-0.05, 0) is 45.0 Å². The molecule has 6 heteroatoms. The number of hydrogen-bond acceptors (Lipinski definition) is 4. The van der Waals surface area contributed by atoms with E-state index in [-0.39, 0.29) is 5.91 Å². The van der Waals surface area contributed by atoms with E-state index in [1.54, 1.807) is 48.5 Å². The van der Waals surface area contributed by atoms with E-state index in [4.69, 9.17) is 9.47 Å². The molecule has 0 aliphatic heterocycles. The minimum atomic E-state index is -0.657. The fourth-order valence-electron chi connectivity index (χ4n) is 2.46. The van der Waals surface area contributed by atoms with E-state index in [9.17, 15) is 9.59 Å². The Labute approximate surface area is 153 Å². The number of nitrogens with zero attached hydrogens (tertiary/aromatic N) is 1. The van der Waals surface area contributed by atoms with E-state index in [1.807, 2.05) is 20.8 Å². The third kappa shape index (κ3) is 4.14. The molecule has 138 valence electrons. The van der Waals surface area contributed by atoms with E-state index in [0.29, 0.717) is 22.6 Å². The molecule has 0 saturated heterocycles. The molecule has 0 aliphatic rings. The smallest absolute Gasteiger partial charge is 0.276 e. The second kappa shape index (κ2) is 7.91. The number of carbonyl (C=O) groups excluding carboxylic acids is 2. The van der Waals surface area contributed by atoms with Gasteiger partial charge in [0.1, 0.15) is 11.5 Å². The Bertz CT molecular complexity index is 796. The van der Waals surface area contributed by atoms with Gasteiger partial charge < -0.3 is 9.47 Å². The fourth-order valence-corrected chi connectivity index (χ4v) is 2.46. The highest BCUT2D eigenvalue weighted by Crippen LogP contribution is 2.23. The van der Waals surface area contributed by atoms with Gasteiger partial charge in [0.05, 0.1) is 30.9 Å². The second-order valence-electron chi connectivity index (χ2n) is 6.65. The largest absolute Gasteiger partial charge is 0.496 e. The lowest BCUT2D eigenvalue weighted by Crippen LogP contribution is -2.56. The number of nitrogens with one attached hydrogen (secondary N) is 1. The number of para-hydroxylation sites is 2. The fraction of sp³-hybridized carbons (Fsp3) is 0.300. The van der Waals surface area contributed by atoms with E-state index in [0.717, 1.165) is 0 Å². The summed E-state index contributed by atoms with van der Waals surface area (Å²) in [7, 11) is 2.99. The van der Waals surface area contributed by atoms with Gasteiger partial charge >= 0.3 is 0 Å². The number of rotatable bonds is 4. The Hall–Kier alpha value is -3.02. The van der Waals surface area contributed by atoms with Crippen molar-refractivity contribution in [3.8, 4) is 11.5 Å². The first-order valence-electron chi connectivity index (χ1n) is 8.21. The SMILES string of the molecule is COc1ccccc1C(=O)NN(C(=O)c1ccccc1OC)C(C)(C)C. The van der Waals surface area contributed by atoms with Crippen LogP contribution >= 0.6 is 0 Å². The molecule has 2 rings (SSSR count). The monoisotopic (exact) mass is 356 g/mol. The van der Waals surface area contributed by atoms with Crippen LogP contribution in [0.5, 0.6) is 11.5 Å². The Morgan fingerprint density at radius 3 is 1.81 bits per heavy atom. The highest BCUT2D eigenvalue weighted by molar-refractivity contribution is 6.01. The second-order valence-corrected chi connectivity index (χ2v) is 6.65. The maximum absolute atomic E-state index is 13.1. The average molecular weight is 356 g/mol. The van der Waals surface area contributed by atoms with Crippen LogP contribution in [0.4, 0.5) is 0 Å². The van der Waals surface area contributed by atoms with Crippen molar-refractivity contribution in [3.63, 3.8) is 0 Å². The molecule has 2 aromatic rings. The zero-order valence-electron chi connectivity index (χ0n) is 15.7. The van der Waals surface area contributed by atoms with E-state index >= 15 is 0 Å². The summed E-state index contributed by atoms with van der Waals surface area (Å²) in [5, 5.41) is 1.31. The lowest BCUT2D eigenvalue weighted by Gasteiger charge is -2.35. The van der Waals surface area contributed by atoms with Crippen molar-refractivity contribution >= 4 is 11.8 Å². The summed E-state index contributed by atoms with van der Waals surface area (Å²) in [6, 6.07) is 13.7. The van der Waals surface area contributed by atoms with Crippen molar-refractivity contribution in [1.82, 2.24) is 10.4 Å². The van der Waals surface area contributed by atoms with Gasteiger partial charge in [-0.25, -0.2) is 5.01 Å². The third-order valence-corrected chi connectivity index (χ3v) is 3.78. The van der Waals surface area contributed by atoms with Crippen LogP contribution in [0, 0.1) is 0 Å². The molecule has 26 heavy (non-hydrogen) atoms. The van der Waals surface area contributed by atoms with Gasteiger partial charge in [-0.3, -0.25) is 15.0 Å². The lowest BCUT2D eigenvalue weighted by molar-refractivity contribution is 0.0355. The summed E-state index contributed by atoms with van der Waals surface area (Å²) < 4.78 is 10.5. The molecular formula is C20H24N2O4. The van der Waals surface area contributed by atoms with Crippen molar-refractivity contribution in [1.29, 1.82) is 0 Å². The van der Waals surface area contributed by atoms with Crippen LogP contribution in [0.2, 0.25) is 0 Å². The number of amides is 2. The van der Waals surface area contributed by atoms with Gasteiger partial charge in [-0.15, -0.1) is 0 Å². The molecule has 0 atom stereocenters. The Balaban J connectivity index is 2.37. The summed E-state index contributed by atoms with van der Waals surface area (Å²) in [5.74, 6) is 0.0840. The van der Waals surface area contributed by atoms with Crippen LogP contribution < -0.4 is 14.9 Å². The van der Waals surface area contributed by atoms with Gasteiger partial charge in [0, 0.05) is 0 Å². The topological polar surface area (TPSA) is 67.9 Å². The van der Waals surface area contributed by atoms with Crippen molar-refractivity contribution in [3.05, 3.63) is 59.7 Å². The van der Waals surface area contributed by atoms with Gasteiger partial charge in [-0.2, -0.15) is 0 Å². The summed E-state index contributed by atoms with van der Waals surface area (Å²) in [6.45, 7) is 5.51. The molecule has 0 heterocycles. The number of ether oxygens (including phenoxy) is 2. The molecule has 2 amide bonds. The number of hydrogen-bond donors (Lipinski definition) is 1. The zero-order chi connectivity index (χ0) is 19.3. The molecule has 0 unspecified atom stereocenters. The highest BCUT2D eigenvalue weighted by Gasteiger charge is 2.31. The molecule has 0 spiro atoms. The molecule has 6 nitrogen and oxygen atoms in total. The molecule has 0 aromatic heterocycles. The van der Waals surface area contributed by atoms with Crippen molar-refractivity contribution in [2.45, 2.75) is 26.3 Å². The van der Waals surface area contributed by atoms with Gasteiger partial charge in [0.2, 0.25) is 0 Å². The molecular weight excluding hydrogens is 332 g/mol. The quantitative estimate of drug-likeness (QED) is 0.854. The molecule has 2 aromatic carbocycles. The number of benzene rings is 2.